The number of alkyl halides is 1. The van der Waals surface area contributed by atoms with Crippen molar-refractivity contribution in [1.29, 1.82) is 0 Å². The van der Waals surface area contributed by atoms with Gasteiger partial charge in [-0.05, 0) is 30.2 Å². The molecule has 3 rings (SSSR count). The number of morpholine rings is 1. The maximum atomic E-state index is 13.6. The van der Waals surface area contributed by atoms with Gasteiger partial charge >= 0.3 is 0 Å². The molecule has 2 saturated heterocycles. The second-order valence-electron chi connectivity index (χ2n) is 5.49. The van der Waals surface area contributed by atoms with Crippen LogP contribution >= 0.6 is 11.6 Å². The van der Waals surface area contributed by atoms with Crippen LogP contribution in [0.15, 0.2) is 18.2 Å². The zero-order chi connectivity index (χ0) is 13.9. The van der Waals surface area contributed by atoms with E-state index in [2.05, 4.69) is 9.80 Å². The van der Waals surface area contributed by atoms with E-state index >= 15 is 0 Å². The second kappa shape index (κ2) is 6.29. The van der Waals surface area contributed by atoms with Gasteiger partial charge in [-0.2, -0.15) is 0 Å². The fourth-order valence-electron chi connectivity index (χ4n) is 3.11. The summed E-state index contributed by atoms with van der Waals surface area (Å²) in [6.07, 6.45) is 1.13. The molecule has 2 heterocycles. The smallest absolute Gasteiger partial charge is 0.125 e. The summed E-state index contributed by atoms with van der Waals surface area (Å²) >= 11 is 5.82. The largest absolute Gasteiger partial charge is 0.379 e. The third-order valence-electron chi connectivity index (χ3n) is 4.19. The van der Waals surface area contributed by atoms with Crippen LogP contribution in [-0.2, 0) is 10.6 Å². The molecule has 0 bridgehead atoms. The highest BCUT2D eigenvalue weighted by molar-refractivity contribution is 6.17. The van der Waals surface area contributed by atoms with Crippen molar-refractivity contribution in [3.8, 4) is 0 Å². The Kier molecular flexibility index (Phi) is 4.44. The molecule has 20 heavy (non-hydrogen) atoms. The van der Waals surface area contributed by atoms with Crippen molar-refractivity contribution in [2.45, 2.75) is 18.3 Å². The van der Waals surface area contributed by atoms with Crippen molar-refractivity contribution in [3.63, 3.8) is 0 Å². The van der Waals surface area contributed by atoms with E-state index in [4.69, 9.17) is 16.3 Å². The van der Waals surface area contributed by atoms with E-state index in [-0.39, 0.29) is 5.82 Å². The molecule has 2 aliphatic heterocycles. The molecule has 5 heteroatoms. The molecule has 2 aliphatic rings. The Hall–Kier alpha value is -0.840. The van der Waals surface area contributed by atoms with Gasteiger partial charge in [-0.3, -0.25) is 4.90 Å². The van der Waals surface area contributed by atoms with E-state index in [9.17, 15) is 4.39 Å². The van der Waals surface area contributed by atoms with Crippen molar-refractivity contribution in [3.05, 3.63) is 29.6 Å². The molecule has 0 N–H and O–H groups in total. The van der Waals surface area contributed by atoms with E-state index in [1.165, 1.54) is 6.07 Å². The quantitative estimate of drug-likeness (QED) is 0.798. The molecule has 3 nitrogen and oxygen atoms in total. The maximum absolute atomic E-state index is 13.6. The summed E-state index contributed by atoms with van der Waals surface area (Å²) in [5.74, 6) is 0.152. The summed E-state index contributed by atoms with van der Waals surface area (Å²) in [7, 11) is 0. The van der Waals surface area contributed by atoms with Crippen LogP contribution in [0.25, 0.3) is 0 Å². The molecule has 0 aliphatic carbocycles. The number of hydrogen-bond donors (Lipinski definition) is 0. The van der Waals surface area contributed by atoms with E-state index < -0.39 is 0 Å². The molecule has 0 spiro atoms. The Morgan fingerprint density at radius 3 is 2.75 bits per heavy atom. The Balaban J connectivity index is 1.68. The first-order valence-electron chi connectivity index (χ1n) is 7.18. The van der Waals surface area contributed by atoms with Crippen LogP contribution in [-0.4, -0.2) is 50.3 Å². The molecule has 0 amide bonds. The van der Waals surface area contributed by atoms with Crippen molar-refractivity contribution in [2.75, 3.05) is 44.3 Å². The second-order valence-corrected chi connectivity index (χ2v) is 5.76. The monoisotopic (exact) mass is 298 g/mol. The van der Waals surface area contributed by atoms with E-state index in [1.54, 1.807) is 6.07 Å². The van der Waals surface area contributed by atoms with Gasteiger partial charge in [0.15, 0.2) is 0 Å². The minimum absolute atomic E-state index is 0.201. The van der Waals surface area contributed by atoms with Crippen LogP contribution in [0, 0.1) is 5.82 Å². The predicted molar refractivity (Wildman–Crippen MR) is 79.0 cm³/mol. The van der Waals surface area contributed by atoms with E-state index in [1.807, 2.05) is 6.07 Å². The highest BCUT2D eigenvalue weighted by Gasteiger charge is 2.29. The summed E-state index contributed by atoms with van der Waals surface area (Å²) in [5, 5.41) is 0. The van der Waals surface area contributed by atoms with Crippen LogP contribution in [0.2, 0.25) is 0 Å². The lowest BCUT2D eigenvalue weighted by Crippen LogP contribution is -2.44. The van der Waals surface area contributed by atoms with Gasteiger partial charge in [-0.15, -0.1) is 11.6 Å². The molecule has 1 atom stereocenters. The first kappa shape index (κ1) is 14.1. The van der Waals surface area contributed by atoms with Gasteiger partial charge in [0.2, 0.25) is 0 Å². The fourth-order valence-corrected chi connectivity index (χ4v) is 3.26. The lowest BCUT2D eigenvalue weighted by Gasteiger charge is -2.32. The number of halogens is 2. The highest BCUT2D eigenvalue weighted by Crippen LogP contribution is 2.26. The van der Waals surface area contributed by atoms with Crippen LogP contribution in [0.5, 0.6) is 0 Å². The predicted octanol–water partition coefficient (Wildman–Crippen LogP) is 2.48. The molecule has 1 unspecified atom stereocenters. The van der Waals surface area contributed by atoms with Gasteiger partial charge < -0.3 is 9.64 Å². The third kappa shape index (κ3) is 3.08. The van der Waals surface area contributed by atoms with Gasteiger partial charge in [0.1, 0.15) is 5.82 Å². The molecule has 0 aromatic heterocycles. The molecule has 0 saturated carbocycles. The Labute approximate surface area is 124 Å². The number of anilines is 1. The number of ether oxygens (including phenoxy) is 1. The number of benzene rings is 1. The summed E-state index contributed by atoms with van der Waals surface area (Å²) in [5.41, 5.74) is 1.80. The standard InChI is InChI=1S/C15H20ClFN2O/c16-10-12-7-13(17)9-15(8-12)19-2-1-14(11-19)18-3-5-20-6-4-18/h7-9,14H,1-6,10-11H2. The molecule has 1 aromatic carbocycles. The Morgan fingerprint density at radius 2 is 2.00 bits per heavy atom. The maximum Gasteiger partial charge on any atom is 0.125 e. The van der Waals surface area contributed by atoms with Crippen molar-refractivity contribution in [1.82, 2.24) is 4.90 Å². The molecular formula is C15H20ClFN2O. The van der Waals surface area contributed by atoms with Gasteiger partial charge in [-0.1, -0.05) is 0 Å². The fraction of sp³-hybridized carbons (Fsp3) is 0.600. The third-order valence-corrected chi connectivity index (χ3v) is 4.50. The summed E-state index contributed by atoms with van der Waals surface area (Å²) in [6, 6.07) is 5.67. The zero-order valence-electron chi connectivity index (χ0n) is 11.5. The van der Waals surface area contributed by atoms with Gasteiger partial charge in [-0.25, -0.2) is 4.39 Å². The normalized spacial score (nSPS) is 24.3. The molecule has 0 radical (unpaired) electrons. The van der Waals surface area contributed by atoms with Gasteiger partial charge in [0, 0.05) is 43.8 Å². The lowest BCUT2D eigenvalue weighted by molar-refractivity contribution is 0.0209. The highest BCUT2D eigenvalue weighted by atomic mass is 35.5. The van der Waals surface area contributed by atoms with Crippen molar-refractivity contribution in [2.24, 2.45) is 0 Å². The summed E-state index contributed by atoms with van der Waals surface area (Å²) in [6.45, 7) is 5.61. The lowest BCUT2D eigenvalue weighted by atomic mass is 10.2. The Bertz CT molecular complexity index is 465. The number of rotatable bonds is 3. The van der Waals surface area contributed by atoms with Gasteiger partial charge in [0.25, 0.3) is 0 Å². The Morgan fingerprint density at radius 1 is 1.20 bits per heavy atom. The van der Waals surface area contributed by atoms with Crippen molar-refractivity contribution < 1.29 is 9.13 Å². The van der Waals surface area contributed by atoms with Crippen molar-refractivity contribution >= 4 is 17.3 Å². The number of nitrogens with zero attached hydrogens (tertiary/aromatic N) is 2. The topological polar surface area (TPSA) is 15.7 Å². The minimum atomic E-state index is -0.201. The van der Waals surface area contributed by atoms with Crippen LogP contribution in [0.4, 0.5) is 10.1 Å². The molecule has 1 aromatic rings. The zero-order valence-corrected chi connectivity index (χ0v) is 12.3. The first-order chi connectivity index (χ1) is 9.76. The van der Waals surface area contributed by atoms with Crippen LogP contribution < -0.4 is 4.90 Å². The molecule has 110 valence electrons. The van der Waals surface area contributed by atoms with E-state index in [0.717, 1.165) is 57.1 Å². The van der Waals surface area contributed by atoms with Crippen LogP contribution in [0.3, 0.4) is 0 Å². The number of hydrogen-bond acceptors (Lipinski definition) is 3. The molecule has 2 fully saturated rings. The average molecular weight is 299 g/mol. The first-order valence-corrected chi connectivity index (χ1v) is 7.72. The minimum Gasteiger partial charge on any atom is -0.379 e. The summed E-state index contributed by atoms with van der Waals surface area (Å²) < 4.78 is 19.0. The van der Waals surface area contributed by atoms with Gasteiger partial charge in [0.05, 0.1) is 13.2 Å². The van der Waals surface area contributed by atoms with Crippen LogP contribution in [0.1, 0.15) is 12.0 Å². The summed E-state index contributed by atoms with van der Waals surface area (Å²) in [4.78, 5) is 4.75. The average Bonchev–Trinajstić information content (AvgIpc) is 2.97. The van der Waals surface area contributed by atoms with E-state index in [0.29, 0.717) is 11.9 Å². The SMILES string of the molecule is Fc1cc(CCl)cc(N2CCC(N3CCOCC3)C2)c1. The molecular weight excluding hydrogens is 279 g/mol.